The smallest absolute Gasteiger partial charge is 0.777 e. The van der Waals surface area contributed by atoms with Crippen LogP contribution in [0.4, 0.5) is 13.2 Å². The molecule has 3 rings (SSSR count). The molecule has 7 nitrogen and oxygen atoms in total. The molecule has 0 aliphatic rings. The summed E-state index contributed by atoms with van der Waals surface area (Å²) >= 11 is 27.8. The molecular formula is C37H49Cl3F3IN3NaO4S3. The minimum Gasteiger partial charge on any atom is -0.777 e. The van der Waals surface area contributed by atoms with Crippen molar-refractivity contribution in [3.8, 4) is 0 Å². The summed E-state index contributed by atoms with van der Waals surface area (Å²) in [6.07, 6.45) is 14.1. The number of unbranched alkanes of at least 4 members (excludes halogenated alkanes) is 2. The molecule has 0 radical (unpaired) electrons. The third-order valence-electron chi connectivity index (χ3n) is 7.35. The van der Waals surface area contributed by atoms with E-state index in [1.807, 2.05) is 22.6 Å². The van der Waals surface area contributed by atoms with Crippen LogP contribution in [0.5, 0.6) is 0 Å². The van der Waals surface area contributed by atoms with Crippen molar-refractivity contribution in [1.29, 1.82) is 0 Å². The first-order valence-corrected chi connectivity index (χ1v) is 21.8. The number of aromatic nitrogens is 3. The van der Waals surface area contributed by atoms with E-state index < -0.39 is 17.5 Å². The minimum atomic E-state index is -0.617. The Morgan fingerprint density at radius 3 is 1.65 bits per heavy atom. The average Bonchev–Trinajstić information content (AvgIpc) is 3.15. The number of thioether (sulfide) groups is 1. The van der Waals surface area contributed by atoms with Crippen molar-refractivity contribution in [1.82, 2.24) is 15.0 Å². The molecule has 0 aliphatic carbocycles. The number of nitrogens with zero attached hydrogens (tertiary/aromatic N) is 3. The number of thiol groups is 1. The van der Waals surface area contributed by atoms with Crippen LogP contribution in [0.2, 0.25) is 15.5 Å². The molecule has 3 heterocycles. The molecule has 0 fully saturated rings. The Bertz CT molecular complexity index is 1430. The molecule has 55 heavy (non-hydrogen) atoms. The summed E-state index contributed by atoms with van der Waals surface area (Å²) in [6.45, 7) is 9.66. The van der Waals surface area contributed by atoms with Crippen LogP contribution >= 0.6 is 81.8 Å². The largest absolute Gasteiger partial charge is 1.00 e. The van der Waals surface area contributed by atoms with Crippen molar-refractivity contribution in [3.63, 3.8) is 0 Å². The van der Waals surface area contributed by atoms with Gasteiger partial charge in [0.2, 0.25) is 0 Å². The first-order valence-electron chi connectivity index (χ1n) is 17.5. The van der Waals surface area contributed by atoms with Gasteiger partial charge in [0.15, 0.2) is 27.1 Å². The Kier molecular flexibility index (Phi) is 36.8. The standard InChI is InChI=1S/C16H23ClFNO2S.C11H22O2S.C5H2ClFIN.C5H3ClFNS.Na/c1-3-5-6-12(4-2)11-21-14(20)8-10-22-13-7-9-19-16(17)15(13)18;1-3-5-6-10(4-2)9-13-11(12)7-8-14;6-5-4(7)3(8)1-2-9-5;6-5-4(7)3(9)1-2-8-5;/h7,9,12H,3-6,8,10-11H2,1-2H3;10,14H,3-9H2,1-2H3;1-2H;1-2H,(H,8,9);/q;;;;+1/p-1. The molecule has 3 aromatic heterocycles. The number of hydrogen-bond acceptors (Lipinski definition) is 10. The fourth-order valence-electron chi connectivity index (χ4n) is 4.01. The third kappa shape index (κ3) is 27.2. The Morgan fingerprint density at radius 1 is 0.782 bits per heavy atom. The van der Waals surface area contributed by atoms with Crippen LogP contribution in [-0.2, 0) is 31.7 Å². The zero-order valence-corrected chi connectivity index (χ0v) is 40.9. The van der Waals surface area contributed by atoms with Crippen LogP contribution in [0.15, 0.2) is 46.6 Å². The summed E-state index contributed by atoms with van der Waals surface area (Å²) in [7, 11) is 0. The molecule has 0 N–H and O–H groups in total. The molecule has 18 heteroatoms. The van der Waals surface area contributed by atoms with Gasteiger partial charge in [0, 0.05) is 35.0 Å². The summed E-state index contributed by atoms with van der Waals surface area (Å²) < 4.78 is 49.5. The van der Waals surface area contributed by atoms with Gasteiger partial charge in [0.1, 0.15) is 5.82 Å². The zero-order chi connectivity index (χ0) is 40.9. The van der Waals surface area contributed by atoms with Crippen LogP contribution in [-0.4, -0.2) is 51.6 Å². The summed E-state index contributed by atoms with van der Waals surface area (Å²) in [5.41, 5.74) is 0. The molecule has 3 aromatic rings. The second-order valence-corrected chi connectivity index (χ2v) is 15.8. The summed E-state index contributed by atoms with van der Waals surface area (Å²) in [4.78, 5) is 33.9. The van der Waals surface area contributed by atoms with Crippen LogP contribution in [0.3, 0.4) is 0 Å². The molecule has 0 amide bonds. The van der Waals surface area contributed by atoms with Gasteiger partial charge < -0.3 is 22.1 Å². The summed E-state index contributed by atoms with van der Waals surface area (Å²) in [5.74, 6) is 0.0683. The van der Waals surface area contributed by atoms with Gasteiger partial charge in [-0.05, 0) is 59.4 Å². The Morgan fingerprint density at radius 2 is 1.24 bits per heavy atom. The first kappa shape index (κ1) is 56.8. The quantitative estimate of drug-likeness (QED) is 0.0255. The predicted octanol–water partition coefficient (Wildman–Crippen LogP) is 9.44. The minimum absolute atomic E-state index is 0. The van der Waals surface area contributed by atoms with Gasteiger partial charge in [0.05, 0.1) is 29.6 Å². The maximum absolute atomic E-state index is 13.6. The van der Waals surface area contributed by atoms with Gasteiger partial charge in [-0.1, -0.05) is 107 Å². The van der Waals surface area contributed by atoms with Crippen molar-refractivity contribution in [2.24, 2.45) is 11.8 Å². The molecule has 2 unspecified atom stereocenters. The van der Waals surface area contributed by atoms with Gasteiger partial charge in [-0.15, -0.1) is 16.7 Å². The molecule has 2 atom stereocenters. The van der Waals surface area contributed by atoms with Gasteiger partial charge >= 0.3 is 41.5 Å². The van der Waals surface area contributed by atoms with E-state index in [1.165, 1.54) is 55.7 Å². The first-order chi connectivity index (χ1) is 25.7. The molecule has 0 aliphatic heterocycles. The van der Waals surface area contributed by atoms with E-state index in [9.17, 15) is 22.8 Å². The van der Waals surface area contributed by atoms with E-state index in [2.05, 4.69) is 67.9 Å². The van der Waals surface area contributed by atoms with E-state index in [0.29, 0.717) is 51.4 Å². The van der Waals surface area contributed by atoms with Crippen molar-refractivity contribution in [2.75, 3.05) is 24.7 Å². The van der Waals surface area contributed by atoms with Crippen LogP contribution in [0.1, 0.15) is 91.9 Å². The molecule has 0 bridgehead atoms. The number of pyridine rings is 3. The molecule has 304 valence electrons. The van der Waals surface area contributed by atoms with Gasteiger partial charge in [-0.2, -0.15) is 12.6 Å². The SMILES string of the molecule is CCCCC(CC)COC(=O)CCS.CCCCC(CC)COC(=O)CCSc1ccnc(Cl)c1F.Fc1c(I)ccnc1Cl.Fc1c([S-])ccnc1Cl.[Na+]. The number of ether oxygens (including phenoxy) is 2. The van der Waals surface area contributed by atoms with Crippen molar-refractivity contribution < 1.29 is 61.8 Å². The van der Waals surface area contributed by atoms with Crippen molar-refractivity contribution in [2.45, 2.75) is 102 Å². The fraction of sp³-hybridized carbons (Fsp3) is 0.541. The number of halogens is 7. The molecular weight excluding hydrogens is 960 g/mol. The van der Waals surface area contributed by atoms with Crippen LogP contribution in [0.25, 0.3) is 0 Å². The van der Waals surface area contributed by atoms with Crippen molar-refractivity contribution in [3.05, 3.63) is 73.3 Å². The number of carbonyl (C=O) groups is 2. The number of esters is 2. The number of hydrogen-bond donors (Lipinski definition) is 1. The average molecular weight is 1010 g/mol. The maximum atomic E-state index is 13.6. The molecule has 0 spiro atoms. The fourth-order valence-corrected chi connectivity index (χ4v) is 6.38. The Balaban J connectivity index is 0. The van der Waals surface area contributed by atoms with E-state index in [4.69, 9.17) is 44.3 Å². The van der Waals surface area contributed by atoms with E-state index in [0.717, 1.165) is 32.1 Å². The Labute approximate surface area is 390 Å². The second kappa shape index (κ2) is 35.6. The molecule has 0 aromatic carbocycles. The van der Waals surface area contributed by atoms with Gasteiger partial charge in [-0.25, -0.2) is 28.1 Å². The maximum Gasteiger partial charge on any atom is 1.00 e. The Hall–Kier alpha value is -0.300. The van der Waals surface area contributed by atoms with Gasteiger partial charge in [-0.3, -0.25) is 9.59 Å². The van der Waals surface area contributed by atoms with Gasteiger partial charge in [0.25, 0.3) is 0 Å². The second-order valence-electron chi connectivity index (χ2n) is 11.5. The van der Waals surface area contributed by atoms with Crippen LogP contribution in [0, 0.1) is 32.9 Å². The molecule has 0 saturated carbocycles. The van der Waals surface area contributed by atoms with Crippen molar-refractivity contribution >= 4 is 106 Å². The van der Waals surface area contributed by atoms with Crippen LogP contribution < -0.4 is 29.6 Å². The van der Waals surface area contributed by atoms with E-state index in [1.54, 1.807) is 12.1 Å². The molecule has 0 saturated heterocycles. The summed E-state index contributed by atoms with van der Waals surface area (Å²) in [6, 6.07) is 4.49. The van der Waals surface area contributed by atoms with E-state index >= 15 is 0 Å². The summed E-state index contributed by atoms with van der Waals surface area (Å²) in [5, 5.41) is -0.376. The topological polar surface area (TPSA) is 91.3 Å². The monoisotopic (exact) mass is 1010 g/mol. The number of carbonyl (C=O) groups excluding carboxylic acids is 2. The third-order valence-corrected chi connectivity index (χ3v) is 10.5. The normalized spacial score (nSPS) is 11.2. The predicted molar refractivity (Wildman–Crippen MR) is 228 cm³/mol. The number of rotatable bonds is 18. The zero-order valence-electron chi connectivity index (χ0n) is 31.9. The van der Waals surface area contributed by atoms with E-state index in [-0.39, 0.29) is 68.3 Å².